The molecule has 9 amide bonds. The molecule has 0 unspecified atom stereocenters. The van der Waals surface area contributed by atoms with E-state index >= 15 is 0 Å². The number of carboxylic acids is 1. The van der Waals surface area contributed by atoms with Crippen LogP contribution in [0, 0.1) is 21.6 Å². The Hall–Kier alpha value is -13.4. The van der Waals surface area contributed by atoms with Gasteiger partial charge in [0.05, 0.1) is 49.6 Å². The van der Waals surface area contributed by atoms with Gasteiger partial charge in [-0.25, -0.2) is 4.79 Å². The molecule has 5 atom stereocenters. The van der Waals surface area contributed by atoms with E-state index in [1.54, 1.807) is 18.4 Å². The third-order valence-electron chi connectivity index (χ3n) is 15.7. The summed E-state index contributed by atoms with van der Waals surface area (Å²) in [7, 11) is 3.86. The molecular formula is C69H93N23O15. The van der Waals surface area contributed by atoms with Gasteiger partial charge in [0.1, 0.15) is 47.2 Å². The number of carbonyl (C=O) groups is 10. The highest BCUT2D eigenvalue weighted by atomic mass is 16.5. The highest BCUT2D eigenvalue weighted by molar-refractivity contribution is 6.08. The van der Waals surface area contributed by atoms with Gasteiger partial charge in [0, 0.05) is 68.1 Å². The molecule has 0 aliphatic carbocycles. The first-order valence-corrected chi connectivity index (χ1v) is 33.3. The van der Waals surface area contributed by atoms with Gasteiger partial charge in [-0.3, -0.25) is 64.8 Å². The van der Waals surface area contributed by atoms with Gasteiger partial charge in [0.2, 0.25) is 29.5 Å². The Balaban J connectivity index is 1.41. The number of allylic oxidation sites excluding steroid dienone is 4. The topological polar surface area (TPSA) is 636 Å². The lowest BCUT2D eigenvalue weighted by Gasteiger charge is -2.22. The number of primary amides is 1. The van der Waals surface area contributed by atoms with Crippen molar-refractivity contribution < 1.29 is 72.0 Å². The van der Waals surface area contributed by atoms with Crippen molar-refractivity contribution in [3.05, 3.63) is 143 Å². The maximum absolute atomic E-state index is 14.6. The summed E-state index contributed by atoms with van der Waals surface area (Å²) in [6.07, 6.45) is 9.48. The summed E-state index contributed by atoms with van der Waals surface area (Å²) in [5, 5.41) is 74.8. The van der Waals surface area contributed by atoms with Gasteiger partial charge in [-0.2, -0.15) is 0 Å². The number of hydrogen-bond acceptors (Lipinski definition) is 20. The number of rotatable bonds is 41. The lowest BCUT2D eigenvalue weighted by atomic mass is 9.99. The molecule has 1 heterocycles. The number of ether oxygens (including phenoxy) is 4. The van der Waals surface area contributed by atoms with Crippen LogP contribution in [0.5, 0.6) is 23.0 Å². The van der Waals surface area contributed by atoms with Crippen molar-refractivity contribution in [2.24, 2.45) is 34.4 Å². The van der Waals surface area contributed by atoms with E-state index in [2.05, 4.69) is 75.7 Å². The van der Waals surface area contributed by atoms with E-state index in [1.165, 1.54) is 88.1 Å². The molecule has 30 N–H and O–H groups in total. The molecule has 38 nitrogen and oxygen atoms in total. The van der Waals surface area contributed by atoms with Crippen molar-refractivity contribution in [2.75, 3.05) is 81.9 Å². The SMILES string of the molecule is C=C1/C=C\C=C/CNC=C1C[C@@H](NC(=O)c1cc(NC(=O)[C@@H](CCCNC(=N)N)NC(=O)c2cc(NC(=O)[C@@H](CCCNC(=N)N)NC(=O)c3cc(NC(=O)[C@@H](CCCNC(=N)N)NC(=O)c4cc(NC(=O)[C@H](N)CCCNC(=N)N)ccc4OC)ccc3OC)ccc2OCC(=O)O)ccc1OC)C(N)=O. The molecule has 0 fully saturated rings. The molecule has 107 heavy (non-hydrogen) atoms. The Kier molecular flexibility index (Phi) is 33.7. The number of hydrogen-bond donors (Lipinski definition) is 24. The Bertz CT molecular complexity index is 4050. The first-order valence-electron chi connectivity index (χ1n) is 33.3. The predicted octanol–water partition coefficient (Wildman–Crippen LogP) is -0.165. The van der Waals surface area contributed by atoms with Crippen molar-refractivity contribution >= 4 is 106 Å². The van der Waals surface area contributed by atoms with Crippen LogP contribution in [-0.2, 0) is 28.8 Å². The molecule has 1 aliphatic heterocycles. The monoisotopic (exact) mass is 1480 g/mol. The molecule has 4 aromatic rings. The standard InChI is InChI=1S/C69H93N23O15/c1-37-12-6-5-7-25-80-35-38(37)30-51(57(71)95)92-60(98)45-33-41(19-23-54(45)106-4)87-65(103)50(16-11-29-84-69(78)79)91-61(99)46-34-42(20-24-55(46)107-36-56(93)94)88-64(102)49(15-10-28-83-68(76)77)90-59(97)44-32-40(18-22-53(44)105-3)86-63(101)48(14-9-27-82-67(74)75)89-58(96)43-31-39(17-21-52(43)104-2)85-62(100)47(70)13-8-26-81-66(72)73/h5-7,12,17-24,31-35,47-51,80H,1,8-11,13-16,25-30,36,70H2,2-4H3,(H2,71,95)(H,85,100)(H,86,101)(H,87,103)(H,88,102)(H,89,96)(H,90,97)(H,91,99)(H,92,98)(H,93,94)(H4,72,73,81)(H4,74,75,82)(H4,76,77,83)(H4,78,79,84)/b7-5-,12-6-,38-35?/t47-,48-,49-,50-,51-/m1/s1. The zero-order chi connectivity index (χ0) is 78.7. The fraction of sp³-hybridized carbons (Fsp3) is 0.333. The van der Waals surface area contributed by atoms with E-state index in [0.29, 0.717) is 30.7 Å². The highest BCUT2D eigenvalue weighted by Crippen LogP contribution is 2.29. The Morgan fingerprint density at radius 1 is 0.486 bits per heavy atom. The van der Waals surface area contributed by atoms with E-state index in [1.807, 2.05) is 12.2 Å². The Labute approximate surface area is 615 Å². The number of anilines is 4. The lowest BCUT2D eigenvalue weighted by molar-refractivity contribution is -0.139. The number of carbonyl (C=O) groups excluding carboxylic acids is 9. The molecule has 38 heteroatoms. The molecule has 0 saturated carbocycles. The molecule has 1 aliphatic rings. The smallest absolute Gasteiger partial charge is 0.341 e. The van der Waals surface area contributed by atoms with Crippen molar-refractivity contribution in [2.45, 2.75) is 88.0 Å². The van der Waals surface area contributed by atoms with Crippen LogP contribution in [0.25, 0.3) is 0 Å². The Morgan fingerprint density at radius 2 is 0.822 bits per heavy atom. The zero-order valence-electron chi connectivity index (χ0n) is 59.1. The first-order chi connectivity index (χ1) is 51.0. The number of guanidine groups is 4. The molecule has 0 aromatic heterocycles. The lowest BCUT2D eigenvalue weighted by Crippen LogP contribution is -2.45. The minimum Gasteiger partial charge on any atom is -0.496 e. The van der Waals surface area contributed by atoms with Crippen LogP contribution in [0.1, 0.15) is 99.2 Å². The molecular weight excluding hydrogens is 1390 g/mol. The molecule has 574 valence electrons. The summed E-state index contributed by atoms with van der Waals surface area (Å²) in [4.78, 5) is 138. The first kappa shape index (κ1) is 84.2. The van der Waals surface area contributed by atoms with Crippen LogP contribution >= 0.6 is 0 Å². The molecule has 0 saturated heterocycles. The van der Waals surface area contributed by atoms with Crippen LogP contribution in [0.2, 0.25) is 0 Å². The van der Waals surface area contributed by atoms with Crippen molar-refractivity contribution in [1.29, 1.82) is 21.6 Å². The van der Waals surface area contributed by atoms with Gasteiger partial charge in [0.25, 0.3) is 23.6 Å². The molecule has 0 radical (unpaired) electrons. The Morgan fingerprint density at radius 3 is 1.17 bits per heavy atom. The number of aliphatic carboxylic acids is 1. The van der Waals surface area contributed by atoms with Gasteiger partial charge < -0.3 is 128 Å². The van der Waals surface area contributed by atoms with Crippen molar-refractivity contribution in [3.8, 4) is 23.0 Å². The minimum absolute atomic E-state index is 0.00508. The number of amides is 9. The summed E-state index contributed by atoms with van der Waals surface area (Å²) in [5.41, 5.74) is 34.1. The zero-order valence-corrected chi connectivity index (χ0v) is 59.1. The summed E-state index contributed by atoms with van der Waals surface area (Å²) in [6.45, 7) is 4.08. The fourth-order valence-corrected chi connectivity index (χ4v) is 10.3. The van der Waals surface area contributed by atoms with Crippen LogP contribution in [0.4, 0.5) is 22.7 Å². The van der Waals surface area contributed by atoms with Crippen LogP contribution < -0.4 is 122 Å². The number of nitrogens with one attached hydrogen (secondary N) is 17. The second-order valence-corrected chi connectivity index (χ2v) is 23.7. The molecule has 5 rings (SSSR count). The second kappa shape index (κ2) is 42.9. The third-order valence-corrected chi connectivity index (χ3v) is 15.7. The number of methoxy groups -OCH3 is 3. The molecule has 4 aromatic carbocycles. The maximum atomic E-state index is 14.6. The van der Waals surface area contributed by atoms with E-state index in [4.69, 9.17) is 75.0 Å². The van der Waals surface area contributed by atoms with Gasteiger partial charge in [-0.05, 0) is 135 Å². The number of nitrogens with two attached hydrogens (primary N) is 6. The maximum Gasteiger partial charge on any atom is 0.341 e. The second-order valence-electron chi connectivity index (χ2n) is 23.7. The average molecular weight is 1480 g/mol. The summed E-state index contributed by atoms with van der Waals surface area (Å²) < 4.78 is 22.0. The van der Waals surface area contributed by atoms with Crippen molar-refractivity contribution in [3.63, 3.8) is 0 Å². The van der Waals surface area contributed by atoms with E-state index in [0.717, 1.165) is 6.07 Å². The van der Waals surface area contributed by atoms with E-state index in [-0.39, 0.29) is 151 Å². The largest absolute Gasteiger partial charge is 0.496 e. The van der Waals surface area contributed by atoms with E-state index < -0.39 is 107 Å². The summed E-state index contributed by atoms with van der Waals surface area (Å²) in [5.74, 6) is -10.6. The van der Waals surface area contributed by atoms with Crippen LogP contribution in [0.3, 0.4) is 0 Å². The normalized spacial score (nSPS) is 13.5. The average Bonchev–Trinajstić information content (AvgIpc) is 0.925. The van der Waals surface area contributed by atoms with Gasteiger partial charge in [-0.1, -0.05) is 30.9 Å². The number of carboxylic acid groups (broad SMARTS) is 1. The van der Waals surface area contributed by atoms with Crippen molar-refractivity contribution in [1.82, 2.24) is 47.9 Å². The summed E-state index contributed by atoms with van der Waals surface area (Å²) >= 11 is 0. The molecule has 0 bridgehead atoms. The number of benzene rings is 4. The highest BCUT2D eigenvalue weighted by Gasteiger charge is 2.31. The van der Waals surface area contributed by atoms with Gasteiger partial charge in [0.15, 0.2) is 30.4 Å². The quantitative estimate of drug-likeness (QED) is 0.0156. The van der Waals surface area contributed by atoms with Gasteiger partial charge in [-0.15, -0.1) is 0 Å². The van der Waals surface area contributed by atoms with Crippen LogP contribution in [0.15, 0.2) is 121 Å². The third kappa shape index (κ3) is 28.4. The predicted molar refractivity (Wildman–Crippen MR) is 400 cm³/mol. The van der Waals surface area contributed by atoms with Crippen LogP contribution in [-0.4, -0.2) is 179 Å². The van der Waals surface area contributed by atoms with E-state index in [9.17, 15) is 53.1 Å². The molecule has 0 spiro atoms. The summed E-state index contributed by atoms with van der Waals surface area (Å²) in [6, 6.07) is 9.37. The minimum atomic E-state index is -1.45. The van der Waals surface area contributed by atoms with Gasteiger partial charge >= 0.3 is 5.97 Å². The fourth-order valence-electron chi connectivity index (χ4n) is 10.3.